The van der Waals surface area contributed by atoms with Crippen LogP contribution in [0, 0.1) is 11.3 Å². The number of anilines is 1. The van der Waals surface area contributed by atoms with Crippen molar-refractivity contribution in [1.29, 1.82) is 5.26 Å². The number of nitrogens with zero attached hydrogens (tertiary/aromatic N) is 5. The first-order valence-corrected chi connectivity index (χ1v) is 11.0. The molecule has 3 aromatic rings. The summed E-state index contributed by atoms with van der Waals surface area (Å²) in [5, 5.41) is 14.8. The lowest BCUT2D eigenvalue weighted by Gasteiger charge is -2.35. The van der Waals surface area contributed by atoms with Crippen molar-refractivity contribution in [3.05, 3.63) is 48.0 Å². The van der Waals surface area contributed by atoms with Gasteiger partial charge in [-0.05, 0) is 63.2 Å². The number of carbonyl (C=O) groups is 1. The van der Waals surface area contributed by atoms with E-state index in [2.05, 4.69) is 10.8 Å². The fraction of sp³-hybridized carbons (Fsp3) is 0.375. The van der Waals surface area contributed by atoms with Gasteiger partial charge in [0, 0.05) is 31.6 Å². The van der Waals surface area contributed by atoms with Crippen molar-refractivity contribution in [2.45, 2.75) is 32.7 Å². The molecule has 0 spiro atoms. The molecule has 4 rings (SSSR count). The molecular formula is C24H24F3N5O3. The highest BCUT2D eigenvalue weighted by Gasteiger charge is 2.31. The van der Waals surface area contributed by atoms with Crippen molar-refractivity contribution in [2.24, 2.45) is 0 Å². The number of rotatable bonds is 3. The molecule has 1 aromatic heterocycles. The van der Waals surface area contributed by atoms with Crippen molar-refractivity contribution < 1.29 is 27.4 Å². The molecule has 35 heavy (non-hydrogen) atoms. The Morgan fingerprint density at radius 2 is 1.69 bits per heavy atom. The Bertz CT molecular complexity index is 1270. The fourth-order valence-electron chi connectivity index (χ4n) is 3.82. The molecule has 0 unspecified atom stereocenters. The molecule has 1 saturated heterocycles. The van der Waals surface area contributed by atoms with Crippen LogP contribution in [-0.2, 0) is 4.74 Å². The van der Waals surface area contributed by atoms with Gasteiger partial charge in [-0.1, -0.05) is 0 Å². The molecule has 0 aliphatic carbocycles. The monoisotopic (exact) mass is 487 g/mol. The average molecular weight is 487 g/mol. The number of amides is 1. The standard InChI is InChI=1S/C24H24F3N5O3/c1-23(2,3)35-22(33)31-12-10-30(11-13-31)21-19-14-16(15-28)4-9-20(19)32(29-21)17-5-7-18(8-6-17)34-24(25,26)27/h4-9,14H,10-13H2,1-3H3. The molecule has 2 heterocycles. The van der Waals surface area contributed by atoms with E-state index in [9.17, 15) is 23.2 Å². The summed E-state index contributed by atoms with van der Waals surface area (Å²) >= 11 is 0. The highest BCUT2D eigenvalue weighted by atomic mass is 19.4. The van der Waals surface area contributed by atoms with Crippen LogP contribution in [0.5, 0.6) is 5.75 Å². The number of piperazine rings is 1. The van der Waals surface area contributed by atoms with Gasteiger partial charge in [0.25, 0.3) is 0 Å². The molecule has 0 saturated carbocycles. The third kappa shape index (κ3) is 5.59. The van der Waals surface area contributed by atoms with E-state index in [-0.39, 0.29) is 11.8 Å². The topological polar surface area (TPSA) is 83.6 Å². The molecular weight excluding hydrogens is 463 g/mol. The second kappa shape index (κ2) is 9.02. The molecule has 0 bridgehead atoms. The molecule has 1 fully saturated rings. The number of ether oxygens (including phenoxy) is 2. The maximum atomic E-state index is 12.5. The Morgan fingerprint density at radius 1 is 1.03 bits per heavy atom. The first kappa shape index (κ1) is 24.2. The predicted molar refractivity (Wildman–Crippen MR) is 122 cm³/mol. The van der Waals surface area contributed by atoms with Crippen molar-refractivity contribution in [3.8, 4) is 17.5 Å². The molecule has 0 radical (unpaired) electrons. The van der Waals surface area contributed by atoms with E-state index < -0.39 is 12.0 Å². The zero-order valence-electron chi connectivity index (χ0n) is 19.5. The number of alkyl halides is 3. The lowest BCUT2D eigenvalue weighted by Crippen LogP contribution is -2.50. The summed E-state index contributed by atoms with van der Waals surface area (Å²) in [6.45, 7) is 7.31. The number of halogens is 3. The molecule has 1 aliphatic heterocycles. The zero-order valence-corrected chi connectivity index (χ0v) is 19.5. The number of hydrogen-bond donors (Lipinski definition) is 0. The Hall–Kier alpha value is -3.94. The number of hydrogen-bond acceptors (Lipinski definition) is 6. The maximum absolute atomic E-state index is 12.5. The first-order valence-electron chi connectivity index (χ1n) is 11.0. The summed E-state index contributed by atoms with van der Waals surface area (Å²) in [5.74, 6) is 0.291. The molecule has 0 N–H and O–H groups in total. The molecule has 0 atom stereocenters. The number of nitriles is 1. The summed E-state index contributed by atoms with van der Waals surface area (Å²) in [5.41, 5.74) is 1.10. The normalized spacial score (nSPS) is 14.7. The summed E-state index contributed by atoms with van der Waals surface area (Å²) in [7, 11) is 0. The molecule has 11 heteroatoms. The van der Waals surface area contributed by atoms with Crippen LogP contribution in [0.1, 0.15) is 26.3 Å². The third-order valence-corrected chi connectivity index (χ3v) is 5.34. The van der Waals surface area contributed by atoms with Gasteiger partial charge in [-0.15, -0.1) is 18.3 Å². The number of fused-ring (bicyclic) bond motifs is 1. The van der Waals surface area contributed by atoms with Crippen LogP contribution < -0.4 is 9.64 Å². The third-order valence-electron chi connectivity index (χ3n) is 5.34. The maximum Gasteiger partial charge on any atom is 0.573 e. The van der Waals surface area contributed by atoms with E-state index in [0.717, 1.165) is 5.39 Å². The van der Waals surface area contributed by atoms with Gasteiger partial charge in [-0.2, -0.15) is 5.26 Å². The Balaban J connectivity index is 1.62. The second-order valence-electron chi connectivity index (χ2n) is 9.08. The highest BCUT2D eigenvalue weighted by molar-refractivity contribution is 5.93. The smallest absolute Gasteiger partial charge is 0.444 e. The number of carbonyl (C=O) groups excluding carboxylic acids is 1. The number of benzene rings is 2. The van der Waals surface area contributed by atoms with Crippen LogP contribution in [0.3, 0.4) is 0 Å². The predicted octanol–water partition coefficient (Wildman–Crippen LogP) is 4.85. The minimum absolute atomic E-state index is 0.331. The van der Waals surface area contributed by atoms with E-state index in [1.807, 2.05) is 25.7 Å². The first-order chi connectivity index (χ1) is 16.4. The molecule has 1 aliphatic rings. The van der Waals surface area contributed by atoms with Crippen LogP contribution in [0.2, 0.25) is 0 Å². The molecule has 1 amide bonds. The number of aromatic nitrogens is 2. The molecule has 8 nitrogen and oxygen atoms in total. The van der Waals surface area contributed by atoms with Gasteiger partial charge in [0.15, 0.2) is 5.82 Å². The lowest BCUT2D eigenvalue weighted by atomic mass is 10.1. The Labute approximate surface area is 200 Å². The van der Waals surface area contributed by atoms with Gasteiger partial charge >= 0.3 is 12.5 Å². The minimum Gasteiger partial charge on any atom is -0.444 e. The van der Waals surface area contributed by atoms with Crippen LogP contribution in [0.25, 0.3) is 16.6 Å². The SMILES string of the molecule is CC(C)(C)OC(=O)N1CCN(c2nn(-c3ccc(OC(F)(F)F)cc3)c3ccc(C#N)cc23)CC1. The van der Waals surface area contributed by atoms with Gasteiger partial charge in [-0.3, -0.25) is 0 Å². The lowest BCUT2D eigenvalue weighted by molar-refractivity contribution is -0.274. The van der Waals surface area contributed by atoms with E-state index in [1.165, 1.54) is 24.3 Å². The van der Waals surface area contributed by atoms with Crippen molar-refractivity contribution in [1.82, 2.24) is 14.7 Å². The zero-order chi connectivity index (χ0) is 25.4. The van der Waals surface area contributed by atoms with E-state index in [1.54, 1.807) is 27.8 Å². The fourth-order valence-corrected chi connectivity index (χ4v) is 3.82. The molecule has 2 aromatic carbocycles. The van der Waals surface area contributed by atoms with Crippen LogP contribution >= 0.6 is 0 Å². The summed E-state index contributed by atoms with van der Waals surface area (Å²) in [6.07, 6.45) is -5.15. The largest absolute Gasteiger partial charge is 0.573 e. The van der Waals surface area contributed by atoms with Gasteiger partial charge < -0.3 is 19.3 Å². The van der Waals surface area contributed by atoms with Crippen LogP contribution in [0.15, 0.2) is 42.5 Å². The summed E-state index contributed by atoms with van der Waals surface area (Å²) in [4.78, 5) is 16.1. The van der Waals surface area contributed by atoms with Crippen molar-refractivity contribution in [3.63, 3.8) is 0 Å². The summed E-state index contributed by atoms with van der Waals surface area (Å²) in [6, 6.07) is 12.7. The van der Waals surface area contributed by atoms with Gasteiger partial charge in [0.2, 0.25) is 0 Å². The van der Waals surface area contributed by atoms with Gasteiger partial charge in [-0.25, -0.2) is 9.48 Å². The average Bonchev–Trinajstić information content (AvgIpc) is 3.16. The highest BCUT2D eigenvalue weighted by Crippen LogP contribution is 2.31. The minimum atomic E-state index is -4.78. The summed E-state index contributed by atoms with van der Waals surface area (Å²) < 4.78 is 48.5. The van der Waals surface area contributed by atoms with Crippen LogP contribution in [0.4, 0.5) is 23.8 Å². The van der Waals surface area contributed by atoms with Crippen molar-refractivity contribution >= 4 is 22.8 Å². The van der Waals surface area contributed by atoms with Crippen molar-refractivity contribution in [2.75, 3.05) is 31.1 Å². The molecule has 184 valence electrons. The second-order valence-corrected chi connectivity index (χ2v) is 9.08. The quantitative estimate of drug-likeness (QED) is 0.525. The Morgan fingerprint density at radius 3 is 2.26 bits per heavy atom. The van der Waals surface area contributed by atoms with Crippen LogP contribution in [-0.4, -0.2) is 58.9 Å². The van der Waals surface area contributed by atoms with Gasteiger partial charge in [0.05, 0.1) is 22.8 Å². The van der Waals surface area contributed by atoms with E-state index >= 15 is 0 Å². The van der Waals surface area contributed by atoms with E-state index in [0.29, 0.717) is 48.8 Å². The Kier molecular flexibility index (Phi) is 6.23. The van der Waals surface area contributed by atoms with Gasteiger partial charge in [0.1, 0.15) is 11.4 Å². The van der Waals surface area contributed by atoms with E-state index in [4.69, 9.17) is 9.84 Å².